The van der Waals surface area contributed by atoms with Gasteiger partial charge in [-0.05, 0) is 32.1 Å². The van der Waals surface area contributed by atoms with E-state index in [1.54, 1.807) is 6.08 Å². The van der Waals surface area contributed by atoms with Gasteiger partial charge in [0.1, 0.15) is 4.32 Å². The van der Waals surface area contributed by atoms with E-state index in [1.807, 2.05) is 43.0 Å². The number of para-hydroxylation sites is 1. The van der Waals surface area contributed by atoms with Crippen molar-refractivity contribution in [2.24, 2.45) is 0 Å². The average molecular weight is 393 g/mol. The second-order valence-corrected chi connectivity index (χ2v) is 7.97. The molecular formula is C17H16N2O3S3. The van der Waals surface area contributed by atoms with Crippen LogP contribution in [0.25, 0.3) is 0 Å². The first-order valence-electron chi connectivity index (χ1n) is 7.75. The lowest BCUT2D eigenvalue weighted by Crippen LogP contribution is -2.28. The Balaban J connectivity index is 2.06. The number of amides is 1. The fraction of sp³-hybridized carbons (Fsp3) is 0.235. The van der Waals surface area contributed by atoms with Gasteiger partial charge in [-0.15, -0.1) is 0 Å². The van der Waals surface area contributed by atoms with Crippen LogP contribution in [0.4, 0.5) is 5.69 Å². The summed E-state index contributed by atoms with van der Waals surface area (Å²) in [5.41, 5.74) is 1.04. The normalized spacial score (nSPS) is 20.5. The molecule has 0 saturated carbocycles. The number of thioether (sulfide) groups is 2. The number of benzene rings is 1. The summed E-state index contributed by atoms with van der Waals surface area (Å²) < 4.78 is 0.398. The van der Waals surface area contributed by atoms with Gasteiger partial charge < -0.3 is 10.0 Å². The minimum absolute atomic E-state index is 0.0120. The number of carboxylic acids is 1. The average Bonchev–Trinajstić information content (AvgIpc) is 3.08. The van der Waals surface area contributed by atoms with E-state index >= 15 is 0 Å². The van der Waals surface area contributed by atoms with E-state index in [1.165, 1.54) is 16.7 Å². The quantitative estimate of drug-likeness (QED) is 0.619. The van der Waals surface area contributed by atoms with Crippen LogP contribution in [-0.2, 0) is 9.59 Å². The number of rotatable bonds is 4. The minimum atomic E-state index is -1.13. The molecule has 1 aromatic rings. The maximum atomic E-state index is 12.5. The van der Waals surface area contributed by atoms with E-state index in [0.29, 0.717) is 17.4 Å². The van der Waals surface area contributed by atoms with Gasteiger partial charge >= 0.3 is 5.97 Å². The van der Waals surface area contributed by atoms with Crippen molar-refractivity contribution < 1.29 is 14.7 Å². The van der Waals surface area contributed by atoms with Crippen LogP contribution in [0.2, 0.25) is 0 Å². The second-order valence-electron chi connectivity index (χ2n) is 5.26. The summed E-state index contributed by atoms with van der Waals surface area (Å²) >= 11 is 7.75. The lowest BCUT2D eigenvalue weighted by atomic mass is 10.2. The number of hydrogen-bond donors (Lipinski definition) is 1. The van der Waals surface area contributed by atoms with Crippen molar-refractivity contribution in [3.05, 3.63) is 45.8 Å². The van der Waals surface area contributed by atoms with Crippen LogP contribution < -0.4 is 4.90 Å². The standard InChI is InChI=1S/C17H16N2O3S3/c1-3-18-11-7-5-6-8-12(11)24-13(18)9-10(16(21)22)14-15(20)19(4-2)17(23)25-14/h5-9H,3-4H2,1-2H3,(H,21,22). The Morgan fingerprint density at radius 3 is 2.48 bits per heavy atom. The van der Waals surface area contributed by atoms with Gasteiger partial charge in [-0.2, -0.15) is 0 Å². The van der Waals surface area contributed by atoms with E-state index in [9.17, 15) is 14.7 Å². The summed E-state index contributed by atoms with van der Waals surface area (Å²) in [5.74, 6) is -1.47. The Labute approximate surface area is 159 Å². The van der Waals surface area contributed by atoms with Gasteiger partial charge in [0.15, 0.2) is 0 Å². The molecule has 130 valence electrons. The summed E-state index contributed by atoms with van der Waals surface area (Å²) in [7, 11) is 0. The van der Waals surface area contributed by atoms with Crippen LogP contribution in [0.5, 0.6) is 0 Å². The lowest BCUT2D eigenvalue weighted by molar-refractivity contribution is -0.132. The van der Waals surface area contributed by atoms with Gasteiger partial charge in [-0.25, -0.2) is 4.79 Å². The van der Waals surface area contributed by atoms with Gasteiger partial charge in [-0.3, -0.25) is 9.69 Å². The molecule has 1 amide bonds. The fourth-order valence-corrected chi connectivity index (χ4v) is 5.25. The van der Waals surface area contributed by atoms with E-state index < -0.39 is 5.97 Å². The van der Waals surface area contributed by atoms with Crippen LogP contribution in [0, 0.1) is 0 Å². The predicted octanol–water partition coefficient (Wildman–Crippen LogP) is 3.68. The van der Waals surface area contributed by atoms with Crippen molar-refractivity contribution in [2.45, 2.75) is 18.7 Å². The molecule has 0 radical (unpaired) electrons. The number of thiocarbonyl (C=S) groups is 1. The molecule has 25 heavy (non-hydrogen) atoms. The summed E-state index contributed by atoms with van der Waals surface area (Å²) in [6, 6.07) is 7.91. The number of carboxylic acid groups (broad SMARTS) is 1. The Hall–Kier alpha value is -1.77. The predicted molar refractivity (Wildman–Crippen MR) is 106 cm³/mol. The molecule has 1 aromatic carbocycles. The first kappa shape index (κ1) is 18.0. The monoisotopic (exact) mass is 392 g/mol. The van der Waals surface area contributed by atoms with E-state index in [2.05, 4.69) is 0 Å². The third-order valence-corrected chi connectivity index (χ3v) is 6.44. The molecule has 1 N–H and O–H groups in total. The van der Waals surface area contributed by atoms with Gasteiger partial charge in [0, 0.05) is 18.0 Å². The molecule has 0 spiro atoms. The Kier molecular flexibility index (Phi) is 5.21. The van der Waals surface area contributed by atoms with Crippen LogP contribution in [-0.4, -0.2) is 39.3 Å². The molecule has 5 nitrogen and oxygen atoms in total. The third kappa shape index (κ3) is 3.21. The smallest absolute Gasteiger partial charge is 0.337 e. The maximum absolute atomic E-state index is 12.5. The number of likely N-dealkylation sites (N-methyl/N-ethyl adjacent to an activating group) is 1. The van der Waals surface area contributed by atoms with Crippen molar-refractivity contribution in [2.75, 3.05) is 18.0 Å². The SMILES string of the molecule is CCN1C(=O)C(=C(C=C2Sc3ccccc3N2CC)C(=O)O)SC1=S. The van der Waals surface area contributed by atoms with Gasteiger partial charge in [0.25, 0.3) is 5.91 Å². The van der Waals surface area contributed by atoms with Crippen molar-refractivity contribution in [1.29, 1.82) is 0 Å². The number of carbonyl (C=O) groups excluding carboxylic acids is 1. The topological polar surface area (TPSA) is 60.9 Å². The van der Waals surface area contributed by atoms with Crippen LogP contribution in [0.15, 0.2) is 50.7 Å². The molecule has 1 fully saturated rings. The van der Waals surface area contributed by atoms with Crippen molar-refractivity contribution in [3.8, 4) is 0 Å². The Bertz CT molecular complexity index is 832. The number of hydrogen-bond acceptors (Lipinski definition) is 6. The highest BCUT2D eigenvalue weighted by Gasteiger charge is 2.35. The highest BCUT2D eigenvalue weighted by Crippen LogP contribution is 2.46. The number of anilines is 1. The molecule has 2 heterocycles. The largest absolute Gasteiger partial charge is 0.478 e. The Morgan fingerprint density at radius 2 is 1.88 bits per heavy atom. The van der Waals surface area contributed by atoms with E-state index in [-0.39, 0.29) is 16.4 Å². The summed E-state index contributed by atoms with van der Waals surface area (Å²) in [6.07, 6.45) is 1.58. The van der Waals surface area contributed by atoms with Gasteiger partial charge in [-0.1, -0.05) is 47.9 Å². The molecule has 0 aromatic heterocycles. The summed E-state index contributed by atoms with van der Waals surface area (Å²) in [6.45, 7) is 4.96. The number of nitrogens with zero attached hydrogens (tertiary/aromatic N) is 2. The lowest BCUT2D eigenvalue weighted by Gasteiger charge is -2.18. The highest BCUT2D eigenvalue weighted by molar-refractivity contribution is 8.26. The summed E-state index contributed by atoms with van der Waals surface area (Å²) in [5, 5.41) is 10.5. The zero-order valence-corrected chi connectivity index (χ0v) is 16.1. The first-order chi connectivity index (χ1) is 12.0. The molecule has 2 aliphatic heterocycles. The molecule has 0 aliphatic carbocycles. The number of carbonyl (C=O) groups is 2. The van der Waals surface area contributed by atoms with E-state index in [4.69, 9.17) is 12.2 Å². The van der Waals surface area contributed by atoms with Crippen LogP contribution in [0.1, 0.15) is 13.8 Å². The summed E-state index contributed by atoms with van der Waals surface area (Å²) in [4.78, 5) is 29.0. The van der Waals surface area contributed by atoms with Gasteiger partial charge in [0.05, 0.1) is 21.2 Å². The molecule has 3 rings (SSSR count). The third-order valence-electron chi connectivity index (χ3n) is 3.86. The molecular weight excluding hydrogens is 376 g/mol. The molecule has 1 saturated heterocycles. The highest BCUT2D eigenvalue weighted by atomic mass is 32.2. The molecule has 8 heteroatoms. The number of aliphatic carboxylic acids is 1. The molecule has 0 unspecified atom stereocenters. The van der Waals surface area contributed by atoms with Crippen molar-refractivity contribution >= 4 is 57.6 Å². The van der Waals surface area contributed by atoms with Crippen LogP contribution >= 0.6 is 35.7 Å². The molecule has 0 atom stereocenters. The maximum Gasteiger partial charge on any atom is 0.337 e. The fourth-order valence-electron chi connectivity index (χ4n) is 2.67. The molecule has 2 aliphatic rings. The van der Waals surface area contributed by atoms with Crippen molar-refractivity contribution in [1.82, 2.24) is 4.90 Å². The second kappa shape index (κ2) is 7.23. The zero-order valence-electron chi connectivity index (χ0n) is 13.7. The number of fused-ring (bicyclic) bond motifs is 1. The van der Waals surface area contributed by atoms with E-state index in [0.717, 1.165) is 27.4 Å². The Morgan fingerprint density at radius 1 is 1.20 bits per heavy atom. The van der Waals surface area contributed by atoms with Gasteiger partial charge in [0.2, 0.25) is 0 Å². The molecule has 0 bridgehead atoms. The first-order valence-corrected chi connectivity index (χ1v) is 9.79. The van der Waals surface area contributed by atoms with Crippen molar-refractivity contribution in [3.63, 3.8) is 0 Å². The zero-order chi connectivity index (χ0) is 18.1. The van der Waals surface area contributed by atoms with Crippen LogP contribution in [0.3, 0.4) is 0 Å². The minimum Gasteiger partial charge on any atom is -0.478 e.